The maximum absolute atomic E-state index is 11.3. The molecule has 2 fully saturated rings. The van der Waals surface area contributed by atoms with Gasteiger partial charge in [0.2, 0.25) is 0 Å². The van der Waals surface area contributed by atoms with Gasteiger partial charge in [0.1, 0.15) is 6.04 Å². The fourth-order valence-electron chi connectivity index (χ4n) is 3.43. The Hall–Kier alpha value is -0.830. The molecule has 1 saturated carbocycles. The van der Waals surface area contributed by atoms with Gasteiger partial charge in [0, 0.05) is 12.1 Å². The standard InChI is InChI=1S/C13H21NO2/c1-3-9(2)14-11-7-5-4-6-10(11)8-12(14)13(15)16/h3,9-12H,1,4-8H2,2H3,(H,15,16). The van der Waals surface area contributed by atoms with E-state index in [4.69, 9.17) is 0 Å². The van der Waals surface area contributed by atoms with Gasteiger partial charge in [-0.1, -0.05) is 18.9 Å². The summed E-state index contributed by atoms with van der Waals surface area (Å²) in [7, 11) is 0. The number of hydrogen-bond donors (Lipinski definition) is 1. The summed E-state index contributed by atoms with van der Waals surface area (Å²) in [6.45, 7) is 5.86. The van der Waals surface area contributed by atoms with Crippen LogP contribution in [0.4, 0.5) is 0 Å². The average molecular weight is 223 g/mol. The van der Waals surface area contributed by atoms with Gasteiger partial charge in [-0.25, -0.2) is 0 Å². The van der Waals surface area contributed by atoms with Crippen molar-refractivity contribution in [1.82, 2.24) is 4.90 Å². The highest BCUT2D eigenvalue weighted by Crippen LogP contribution is 2.40. The molecule has 0 aromatic heterocycles. The van der Waals surface area contributed by atoms with E-state index in [0.717, 1.165) is 12.8 Å². The van der Waals surface area contributed by atoms with Crippen LogP contribution in [-0.2, 0) is 4.79 Å². The van der Waals surface area contributed by atoms with Crippen LogP contribution in [0.3, 0.4) is 0 Å². The van der Waals surface area contributed by atoms with Crippen LogP contribution in [0, 0.1) is 5.92 Å². The molecule has 0 bridgehead atoms. The third kappa shape index (κ3) is 1.88. The van der Waals surface area contributed by atoms with Crippen LogP contribution in [0.1, 0.15) is 39.0 Å². The molecule has 1 aliphatic carbocycles. The second-order valence-electron chi connectivity index (χ2n) is 5.13. The minimum atomic E-state index is -0.664. The molecule has 1 aliphatic heterocycles. The third-order valence-electron chi connectivity index (χ3n) is 4.23. The molecule has 2 aliphatic rings. The number of nitrogens with zero attached hydrogens (tertiary/aromatic N) is 1. The van der Waals surface area contributed by atoms with Crippen LogP contribution in [-0.4, -0.2) is 34.1 Å². The lowest BCUT2D eigenvalue weighted by Gasteiger charge is -2.35. The number of carboxylic acid groups (broad SMARTS) is 1. The molecule has 1 heterocycles. The number of fused-ring (bicyclic) bond motifs is 1. The number of carbonyl (C=O) groups is 1. The van der Waals surface area contributed by atoms with E-state index < -0.39 is 5.97 Å². The van der Waals surface area contributed by atoms with E-state index in [1.165, 1.54) is 19.3 Å². The molecule has 2 rings (SSSR count). The predicted molar refractivity (Wildman–Crippen MR) is 63.3 cm³/mol. The lowest BCUT2D eigenvalue weighted by Crippen LogP contribution is -2.46. The molecule has 4 atom stereocenters. The van der Waals surface area contributed by atoms with Crippen molar-refractivity contribution in [3.8, 4) is 0 Å². The van der Waals surface area contributed by atoms with Gasteiger partial charge in [-0.15, -0.1) is 6.58 Å². The molecule has 0 aromatic rings. The fourth-order valence-corrected chi connectivity index (χ4v) is 3.43. The molecule has 0 radical (unpaired) electrons. The van der Waals surface area contributed by atoms with E-state index in [1.54, 1.807) is 0 Å². The van der Waals surface area contributed by atoms with E-state index in [2.05, 4.69) is 18.4 Å². The van der Waals surface area contributed by atoms with Crippen LogP contribution in [0.25, 0.3) is 0 Å². The first-order valence-electron chi connectivity index (χ1n) is 6.28. The lowest BCUT2D eigenvalue weighted by atomic mass is 9.84. The minimum absolute atomic E-state index is 0.175. The fraction of sp³-hybridized carbons (Fsp3) is 0.769. The molecular formula is C13H21NO2. The molecule has 0 spiro atoms. The van der Waals surface area contributed by atoms with Gasteiger partial charge in [0.25, 0.3) is 0 Å². The Morgan fingerprint density at radius 3 is 2.81 bits per heavy atom. The zero-order valence-corrected chi connectivity index (χ0v) is 9.93. The van der Waals surface area contributed by atoms with Crippen LogP contribution in [0.5, 0.6) is 0 Å². The Bertz CT molecular complexity index is 290. The maximum Gasteiger partial charge on any atom is 0.320 e. The summed E-state index contributed by atoms with van der Waals surface area (Å²) >= 11 is 0. The Morgan fingerprint density at radius 1 is 1.50 bits per heavy atom. The Balaban J connectivity index is 2.20. The highest BCUT2D eigenvalue weighted by Gasteiger charge is 2.46. The zero-order chi connectivity index (χ0) is 11.7. The molecule has 3 nitrogen and oxygen atoms in total. The monoisotopic (exact) mass is 223 g/mol. The first kappa shape index (κ1) is 11.6. The van der Waals surface area contributed by atoms with E-state index in [9.17, 15) is 9.90 Å². The molecule has 0 amide bonds. The summed E-state index contributed by atoms with van der Waals surface area (Å²) in [5, 5.41) is 9.30. The van der Waals surface area contributed by atoms with Crippen LogP contribution in [0.2, 0.25) is 0 Å². The summed E-state index contributed by atoms with van der Waals surface area (Å²) in [6, 6.07) is 0.359. The third-order valence-corrected chi connectivity index (χ3v) is 4.23. The van der Waals surface area contributed by atoms with Gasteiger partial charge in [0.15, 0.2) is 0 Å². The largest absolute Gasteiger partial charge is 0.480 e. The van der Waals surface area contributed by atoms with Gasteiger partial charge < -0.3 is 5.11 Å². The van der Waals surface area contributed by atoms with Crippen molar-refractivity contribution in [3.05, 3.63) is 12.7 Å². The first-order chi connectivity index (χ1) is 7.65. The Labute approximate surface area is 97.1 Å². The van der Waals surface area contributed by atoms with Gasteiger partial charge in [0.05, 0.1) is 0 Å². The molecular weight excluding hydrogens is 202 g/mol. The van der Waals surface area contributed by atoms with Crippen molar-refractivity contribution in [2.45, 2.75) is 57.2 Å². The molecule has 0 aromatic carbocycles. The quantitative estimate of drug-likeness (QED) is 0.746. The van der Waals surface area contributed by atoms with Crippen molar-refractivity contribution in [3.63, 3.8) is 0 Å². The van der Waals surface area contributed by atoms with Gasteiger partial charge >= 0.3 is 5.97 Å². The number of hydrogen-bond acceptors (Lipinski definition) is 2. The second kappa shape index (κ2) is 4.58. The topological polar surface area (TPSA) is 40.5 Å². The van der Waals surface area contributed by atoms with Gasteiger partial charge in [-0.2, -0.15) is 0 Å². The second-order valence-corrected chi connectivity index (χ2v) is 5.13. The van der Waals surface area contributed by atoms with E-state index in [1.807, 2.05) is 6.08 Å². The van der Waals surface area contributed by atoms with Crippen molar-refractivity contribution in [2.24, 2.45) is 5.92 Å². The first-order valence-corrected chi connectivity index (χ1v) is 6.28. The number of aliphatic carboxylic acids is 1. The highest BCUT2D eigenvalue weighted by atomic mass is 16.4. The minimum Gasteiger partial charge on any atom is -0.480 e. The maximum atomic E-state index is 11.3. The number of rotatable bonds is 3. The van der Waals surface area contributed by atoms with Crippen molar-refractivity contribution < 1.29 is 9.90 Å². The van der Waals surface area contributed by atoms with E-state index in [-0.39, 0.29) is 12.1 Å². The van der Waals surface area contributed by atoms with Gasteiger partial charge in [-0.05, 0) is 32.1 Å². The lowest BCUT2D eigenvalue weighted by molar-refractivity contribution is -0.143. The smallest absolute Gasteiger partial charge is 0.320 e. The average Bonchev–Trinajstić information content (AvgIpc) is 2.67. The number of carboxylic acids is 1. The zero-order valence-electron chi connectivity index (χ0n) is 9.93. The molecule has 1 N–H and O–H groups in total. The molecule has 1 saturated heterocycles. The van der Waals surface area contributed by atoms with E-state index >= 15 is 0 Å². The highest BCUT2D eigenvalue weighted by molar-refractivity contribution is 5.74. The van der Waals surface area contributed by atoms with Gasteiger partial charge in [-0.3, -0.25) is 9.69 Å². The van der Waals surface area contributed by atoms with E-state index in [0.29, 0.717) is 12.0 Å². The summed E-state index contributed by atoms with van der Waals surface area (Å²) in [5.74, 6) is -0.0691. The number of likely N-dealkylation sites (tertiary alicyclic amines) is 1. The Morgan fingerprint density at radius 2 is 2.19 bits per heavy atom. The van der Waals surface area contributed by atoms with Crippen molar-refractivity contribution in [2.75, 3.05) is 0 Å². The molecule has 4 unspecified atom stereocenters. The van der Waals surface area contributed by atoms with Crippen molar-refractivity contribution >= 4 is 5.97 Å². The Kier molecular flexibility index (Phi) is 3.33. The summed E-state index contributed by atoms with van der Waals surface area (Å²) in [6.07, 6.45) is 7.57. The van der Waals surface area contributed by atoms with Crippen molar-refractivity contribution in [1.29, 1.82) is 0 Å². The van der Waals surface area contributed by atoms with Crippen LogP contribution < -0.4 is 0 Å². The summed E-state index contributed by atoms with van der Waals surface area (Å²) < 4.78 is 0. The normalized spacial score (nSPS) is 36.7. The molecule has 90 valence electrons. The van der Waals surface area contributed by atoms with Crippen LogP contribution in [0.15, 0.2) is 12.7 Å². The summed E-state index contributed by atoms with van der Waals surface area (Å²) in [5.41, 5.74) is 0. The predicted octanol–water partition coefficient (Wildman–Crippen LogP) is 2.28. The van der Waals surface area contributed by atoms with Crippen LogP contribution >= 0.6 is 0 Å². The SMILES string of the molecule is C=CC(C)N1C(C(=O)O)CC2CCCCC21. The molecule has 3 heteroatoms. The summed E-state index contributed by atoms with van der Waals surface area (Å²) in [4.78, 5) is 13.5. The molecule has 16 heavy (non-hydrogen) atoms.